The van der Waals surface area contributed by atoms with E-state index in [0.29, 0.717) is 31.1 Å². The fourth-order valence-electron chi connectivity index (χ4n) is 4.93. The average Bonchev–Trinajstić information content (AvgIpc) is 3.69. The van der Waals surface area contributed by atoms with Crippen LogP contribution in [0.4, 0.5) is 0 Å². The third-order valence-electron chi connectivity index (χ3n) is 7.17. The van der Waals surface area contributed by atoms with Gasteiger partial charge in [-0.15, -0.1) is 5.10 Å². The Morgan fingerprint density at radius 1 is 0.976 bits per heavy atom. The number of hydrogen-bond donors (Lipinski definition) is 3. The lowest BCUT2D eigenvalue weighted by molar-refractivity contribution is -0.124. The van der Waals surface area contributed by atoms with E-state index in [1.807, 2.05) is 48.5 Å². The molecule has 1 atom stereocenters. The zero-order valence-electron chi connectivity index (χ0n) is 23.2. The Hall–Kier alpha value is -4.24. The van der Waals surface area contributed by atoms with Gasteiger partial charge in [-0.1, -0.05) is 92.2 Å². The smallest absolute Gasteiger partial charge is 0.224 e. The number of unbranched alkanes of at least 4 members (excludes halogenated alkanes) is 1. The van der Waals surface area contributed by atoms with Crippen molar-refractivity contribution in [2.75, 3.05) is 5.75 Å². The van der Waals surface area contributed by atoms with Gasteiger partial charge in [-0.25, -0.2) is 10.1 Å². The lowest BCUT2D eigenvalue weighted by atomic mass is 9.98. The fraction of sp³-hybridized carbons (Fsp3) is 0.281. The molecule has 0 radical (unpaired) electrons. The normalized spacial score (nSPS) is 11.9. The van der Waals surface area contributed by atoms with Crippen molar-refractivity contribution < 1.29 is 4.79 Å². The number of amides is 1. The summed E-state index contributed by atoms with van der Waals surface area (Å²) in [5, 5.41) is 17.5. The molecule has 0 aliphatic rings. The quantitative estimate of drug-likeness (QED) is 0.163. The standard InChI is InChI=1S/C32H35N7OS/c1-2-3-13-30-34-27(19-33-32(40)26(22-41)18-23-9-5-4-6-10-23)21-39(30)20-24-14-16-25(17-15-24)28-11-7-8-12-29(28)31-35-37-38-36-31/h4-12,14-17,21,26,41H,2-3,13,18-20,22H2,1H3,(H,33,40)(H,35,36,37,38). The number of thiol groups is 1. The Labute approximate surface area is 246 Å². The number of hydrogen-bond acceptors (Lipinski definition) is 6. The number of nitrogens with one attached hydrogen (secondary N) is 2. The predicted octanol–water partition coefficient (Wildman–Crippen LogP) is 5.53. The molecule has 8 nitrogen and oxygen atoms in total. The Kier molecular flexibility index (Phi) is 9.59. The molecule has 0 fully saturated rings. The van der Waals surface area contributed by atoms with Crippen LogP contribution in [0, 0.1) is 5.92 Å². The molecule has 2 N–H and O–H groups in total. The molecule has 0 aliphatic heterocycles. The van der Waals surface area contributed by atoms with Crippen molar-refractivity contribution in [3.63, 3.8) is 0 Å². The maximum absolute atomic E-state index is 12.9. The summed E-state index contributed by atoms with van der Waals surface area (Å²) in [4.78, 5) is 17.8. The molecule has 5 aromatic rings. The minimum atomic E-state index is -0.189. The van der Waals surface area contributed by atoms with Crippen molar-refractivity contribution in [3.8, 4) is 22.5 Å². The monoisotopic (exact) mass is 565 g/mol. The topological polar surface area (TPSA) is 101 Å². The maximum Gasteiger partial charge on any atom is 0.224 e. The first-order valence-electron chi connectivity index (χ1n) is 14.0. The van der Waals surface area contributed by atoms with Gasteiger partial charge in [0.15, 0.2) is 5.82 Å². The van der Waals surface area contributed by atoms with Gasteiger partial charge in [-0.2, -0.15) is 12.6 Å². The van der Waals surface area contributed by atoms with Gasteiger partial charge in [-0.3, -0.25) is 4.79 Å². The molecule has 41 heavy (non-hydrogen) atoms. The molecular weight excluding hydrogens is 530 g/mol. The summed E-state index contributed by atoms with van der Waals surface area (Å²) in [6.45, 7) is 3.29. The highest BCUT2D eigenvalue weighted by molar-refractivity contribution is 7.80. The number of carbonyl (C=O) groups is 1. The Morgan fingerprint density at radius 3 is 2.44 bits per heavy atom. The lowest BCUT2D eigenvalue weighted by Crippen LogP contribution is -2.32. The van der Waals surface area contributed by atoms with Gasteiger partial charge in [0, 0.05) is 30.5 Å². The summed E-state index contributed by atoms with van der Waals surface area (Å²) in [5.41, 5.74) is 6.29. The van der Waals surface area contributed by atoms with E-state index in [9.17, 15) is 4.79 Å². The highest BCUT2D eigenvalue weighted by Gasteiger charge is 2.18. The van der Waals surface area contributed by atoms with Crippen molar-refractivity contribution in [1.82, 2.24) is 35.5 Å². The summed E-state index contributed by atoms with van der Waals surface area (Å²) in [6, 6.07) is 26.7. The number of aromatic amines is 1. The molecule has 2 aromatic heterocycles. The largest absolute Gasteiger partial charge is 0.350 e. The van der Waals surface area contributed by atoms with E-state index >= 15 is 0 Å². The van der Waals surface area contributed by atoms with Crippen molar-refractivity contribution in [2.45, 2.75) is 45.7 Å². The lowest BCUT2D eigenvalue weighted by Gasteiger charge is -2.14. The van der Waals surface area contributed by atoms with Gasteiger partial charge in [-0.05, 0) is 45.5 Å². The van der Waals surface area contributed by atoms with Crippen LogP contribution < -0.4 is 5.32 Å². The average molecular weight is 566 g/mol. The van der Waals surface area contributed by atoms with Crippen molar-refractivity contribution in [2.24, 2.45) is 5.92 Å². The third kappa shape index (κ3) is 7.29. The Morgan fingerprint density at radius 2 is 1.73 bits per heavy atom. The number of carbonyl (C=O) groups excluding carboxylic acids is 1. The molecule has 1 unspecified atom stereocenters. The van der Waals surface area contributed by atoms with Crippen molar-refractivity contribution >= 4 is 18.5 Å². The molecule has 0 aliphatic carbocycles. The van der Waals surface area contributed by atoms with Gasteiger partial charge in [0.2, 0.25) is 5.91 Å². The molecule has 9 heteroatoms. The summed E-state index contributed by atoms with van der Waals surface area (Å²) in [5.74, 6) is 1.99. The number of nitrogens with zero attached hydrogens (tertiary/aromatic N) is 5. The van der Waals surface area contributed by atoms with E-state index in [1.165, 1.54) is 5.56 Å². The van der Waals surface area contributed by atoms with Crippen molar-refractivity contribution in [1.29, 1.82) is 0 Å². The second-order valence-corrected chi connectivity index (χ2v) is 10.5. The SMILES string of the molecule is CCCCc1nc(CNC(=O)C(CS)Cc2ccccc2)cn1Cc1ccc(-c2ccccc2-c2nnn[nH]2)cc1. The second kappa shape index (κ2) is 13.9. The molecule has 210 valence electrons. The summed E-state index contributed by atoms with van der Waals surface area (Å²) in [6.07, 6.45) is 5.79. The zero-order chi connectivity index (χ0) is 28.4. The molecule has 0 bridgehead atoms. The van der Waals surface area contributed by atoms with Crippen LogP contribution in [0.2, 0.25) is 0 Å². The van der Waals surface area contributed by atoms with E-state index < -0.39 is 0 Å². The summed E-state index contributed by atoms with van der Waals surface area (Å²) >= 11 is 4.44. The third-order valence-corrected chi connectivity index (χ3v) is 7.61. The van der Waals surface area contributed by atoms with Crippen LogP contribution in [0.1, 0.15) is 42.4 Å². The Balaban J connectivity index is 1.27. The van der Waals surface area contributed by atoms with Gasteiger partial charge < -0.3 is 9.88 Å². The number of imidazole rings is 1. The summed E-state index contributed by atoms with van der Waals surface area (Å²) < 4.78 is 2.21. The van der Waals surface area contributed by atoms with Crippen LogP contribution >= 0.6 is 12.6 Å². The molecular formula is C32H35N7OS. The van der Waals surface area contributed by atoms with Crippen LogP contribution in [0.15, 0.2) is 85.1 Å². The van der Waals surface area contributed by atoms with Crippen molar-refractivity contribution in [3.05, 3.63) is 108 Å². The second-order valence-electron chi connectivity index (χ2n) is 10.2. The van der Waals surface area contributed by atoms with Gasteiger partial charge in [0.05, 0.1) is 18.2 Å². The van der Waals surface area contributed by atoms with Gasteiger partial charge in [0.25, 0.3) is 0 Å². The van der Waals surface area contributed by atoms with Crippen LogP contribution in [-0.4, -0.2) is 41.8 Å². The number of H-pyrrole nitrogens is 1. The van der Waals surface area contributed by atoms with E-state index in [4.69, 9.17) is 4.98 Å². The first kappa shape index (κ1) is 28.3. The molecule has 0 saturated carbocycles. The molecule has 0 spiro atoms. The van der Waals surface area contributed by atoms with E-state index in [1.54, 1.807) is 0 Å². The predicted molar refractivity (Wildman–Crippen MR) is 164 cm³/mol. The first-order chi connectivity index (χ1) is 20.1. The number of aryl methyl sites for hydroxylation is 1. The van der Waals surface area contributed by atoms with Crippen LogP contribution in [0.3, 0.4) is 0 Å². The van der Waals surface area contributed by atoms with Crippen LogP contribution in [-0.2, 0) is 30.7 Å². The van der Waals surface area contributed by atoms with E-state index in [2.05, 4.69) is 86.6 Å². The molecule has 2 heterocycles. The summed E-state index contributed by atoms with van der Waals surface area (Å²) in [7, 11) is 0. The van der Waals surface area contributed by atoms with Gasteiger partial charge >= 0.3 is 0 Å². The molecule has 0 saturated heterocycles. The number of benzene rings is 3. The minimum absolute atomic E-state index is 0.00509. The fourth-order valence-corrected chi connectivity index (χ4v) is 5.23. The Bertz CT molecular complexity index is 1530. The molecule has 3 aromatic carbocycles. The zero-order valence-corrected chi connectivity index (χ0v) is 24.1. The van der Waals surface area contributed by atoms with E-state index in [-0.39, 0.29) is 11.8 Å². The number of aromatic nitrogens is 6. The number of rotatable bonds is 13. The highest BCUT2D eigenvalue weighted by atomic mass is 32.1. The van der Waals surface area contributed by atoms with E-state index in [0.717, 1.165) is 53.0 Å². The first-order valence-corrected chi connectivity index (χ1v) is 14.7. The molecule has 1 amide bonds. The van der Waals surface area contributed by atoms with Crippen LogP contribution in [0.5, 0.6) is 0 Å². The highest BCUT2D eigenvalue weighted by Crippen LogP contribution is 2.30. The minimum Gasteiger partial charge on any atom is -0.350 e. The molecule has 5 rings (SSSR count). The van der Waals surface area contributed by atoms with Crippen LogP contribution in [0.25, 0.3) is 22.5 Å². The maximum atomic E-state index is 12.9. The number of tetrazole rings is 1. The van der Waals surface area contributed by atoms with Gasteiger partial charge in [0.1, 0.15) is 5.82 Å².